The van der Waals surface area contributed by atoms with Crippen molar-refractivity contribution in [2.45, 2.75) is 45.6 Å². The Labute approximate surface area is 126 Å². The predicted octanol–water partition coefficient (Wildman–Crippen LogP) is 3.28. The first kappa shape index (κ1) is 14.2. The third kappa shape index (κ3) is 3.13. The molecule has 0 amide bonds. The number of rotatable bonds is 3. The quantitative estimate of drug-likeness (QED) is 0.938. The SMILES string of the molecule is CNC1CCCc2nc(Cc3cc(C)cc(C)c3)ncc21. The van der Waals surface area contributed by atoms with E-state index in [1.165, 1.54) is 40.8 Å². The Morgan fingerprint density at radius 1 is 1.19 bits per heavy atom. The second kappa shape index (κ2) is 5.94. The average molecular weight is 281 g/mol. The molecule has 2 aromatic rings. The van der Waals surface area contributed by atoms with Crippen molar-refractivity contribution in [2.75, 3.05) is 7.05 Å². The largest absolute Gasteiger partial charge is 0.313 e. The van der Waals surface area contributed by atoms with Crippen LogP contribution >= 0.6 is 0 Å². The average Bonchev–Trinajstić information content (AvgIpc) is 2.45. The van der Waals surface area contributed by atoms with Crippen LogP contribution in [0.5, 0.6) is 0 Å². The van der Waals surface area contributed by atoms with E-state index in [0.29, 0.717) is 6.04 Å². The van der Waals surface area contributed by atoms with Crippen LogP contribution in [0.1, 0.15) is 52.7 Å². The number of hydrogen-bond donors (Lipinski definition) is 1. The van der Waals surface area contributed by atoms with Gasteiger partial charge in [0.1, 0.15) is 5.82 Å². The summed E-state index contributed by atoms with van der Waals surface area (Å²) < 4.78 is 0. The lowest BCUT2D eigenvalue weighted by atomic mass is 9.92. The van der Waals surface area contributed by atoms with Gasteiger partial charge in [0.15, 0.2) is 0 Å². The summed E-state index contributed by atoms with van der Waals surface area (Å²) in [4.78, 5) is 9.41. The van der Waals surface area contributed by atoms with Crippen LogP contribution in [0, 0.1) is 13.8 Å². The maximum absolute atomic E-state index is 4.81. The number of aromatic nitrogens is 2. The van der Waals surface area contributed by atoms with Crippen molar-refractivity contribution in [1.82, 2.24) is 15.3 Å². The Morgan fingerprint density at radius 3 is 2.67 bits per heavy atom. The summed E-state index contributed by atoms with van der Waals surface area (Å²) in [5.74, 6) is 0.940. The normalized spacial score (nSPS) is 17.6. The van der Waals surface area contributed by atoms with Gasteiger partial charge in [-0.25, -0.2) is 9.97 Å². The number of benzene rings is 1. The first-order valence-corrected chi connectivity index (χ1v) is 7.75. The number of fused-ring (bicyclic) bond motifs is 1. The van der Waals surface area contributed by atoms with Crippen LogP contribution in [-0.2, 0) is 12.8 Å². The molecule has 0 radical (unpaired) electrons. The summed E-state index contributed by atoms with van der Waals surface area (Å²) in [5, 5.41) is 3.36. The van der Waals surface area contributed by atoms with E-state index < -0.39 is 0 Å². The van der Waals surface area contributed by atoms with Crippen molar-refractivity contribution in [3.63, 3.8) is 0 Å². The molecule has 3 rings (SSSR count). The van der Waals surface area contributed by atoms with Gasteiger partial charge in [-0.2, -0.15) is 0 Å². The van der Waals surface area contributed by atoms with Gasteiger partial charge in [0.2, 0.25) is 0 Å². The van der Waals surface area contributed by atoms with Crippen molar-refractivity contribution in [1.29, 1.82) is 0 Å². The standard InChI is InChI=1S/C18H23N3/c1-12-7-13(2)9-14(8-12)10-18-20-11-15-16(19-3)5-4-6-17(15)21-18/h7-9,11,16,19H,4-6,10H2,1-3H3. The summed E-state index contributed by atoms with van der Waals surface area (Å²) in [6, 6.07) is 7.08. The van der Waals surface area contributed by atoms with Crippen LogP contribution in [0.15, 0.2) is 24.4 Å². The van der Waals surface area contributed by atoms with Crippen LogP contribution in [0.2, 0.25) is 0 Å². The molecule has 0 bridgehead atoms. The van der Waals surface area contributed by atoms with Crippen LogP contribution in [0.25, 0.3) is 0 Å². The highest BCUT2D eigenvalue weighted by molar-refractivity contribution is 5.31. The Morgan fingerprint density at radius 2 is 1.95 bits per heavy atom. The zero-order valence-electron chi connectivity index (χ0n) is 13.1. The Hall–Kier alpha value is -1.74. The minimum Gasteiger partial charge on any atom is -0.313 e. The smallest absolute Gasteiger partial charge is 0.132 e. The van der Waals surface area contributed by atoms with Gasteiger partial charge < -0.3 is 5.32 Å². The van der Waals surface area contributed by atoms with E-state index in [1.807, 2.05) is 13.2 Å². The van der Waals surface area contributed by atoms with E-state index in [0.717, 1.165) is 18.7 Å². The molecule has 1 N–H and O–H groups in total. The number of aryl methyl sites for hydroxylation is 3. The zero-order chi connectivity index (χ0) is 14.8. The molecule has 3 nitrogen and oxygen atoms in total. The molecule has 0 saturated carbocycles. The van der Waals surface area contributed by atoms with Gasteiger partial charge >= 0.3 is 0 Å². The first-order valence-electron chi connectivity index (χ1n) is 7.75. The molecule has 0 fully saturated rings. The molecule has 110 valence electrons. The monoisotopic (exact) mass is 281 g/mol. The van der Waals surface area contributed by atoms with Crippen LogP contribution < -0.4 is 5.32 Å². The number of hydrogen-bond acceptors (Lipinski definition) is 3. The number of nitrogens with one attached hydrogen (secondary N) is 1. The van der Waals surface area contributed by atoms with E-state index in [4.69, 9.17) is 4.98 Å². The Kier molecular flexibility index (Phi) is 4.02. The minimum absolute atomic E-state index is 0.420. The fraction of sp³-hybridized carbons (Fsp3) is 0.444. The molecular weight excluding hydrogens is 258 g/mol. The van der Waals surface area contributed by atoms with Crippen LogP contribution in [0.4, 0.5) is 0 Å². The van der Waals surface area contributed by atoms with Crippen molar-refractivity contribution in [3.05, 3.63) is 58.2 Å². The second-order valence-electron chi connectivity index (χ2n) is 6.09. The third-order valence-electron chi connectivity index (χ3n) is 4.22. The van der Waals surface area contributed by atoms with Crippen molar-refractivity contribution >= 4 is 0 Å². The highest BCUT2D eigenvalue weighted by atomic mass is 14.9. The van der Waals surface area contributed by atoms with E-state index in [1.54, 1.807) is 0 Å². The molecule has 3 heteroatoms. The molecule has 1 atom stereocenters. The van der Waals surface area contributed by atoms with Crippen molar-refractivity contribution < 1.29 is 0 Å². The molecule has 1 heterocycles. The maximum atomic E-state index is 4.81. The molecule has 0 saturated heterocycles. The molecule has 1 aromatic carbocycles. The van der Waals surface area contributed by atoms with Crippen molar-refractivity contribution in [2.24, 2.45) is 0 Å². The fourth-order valence-electron chi connectivity index (χ4n) is 3.33. The van der Waals surface area contributed by atoms with Crippen molar-refractivity contribution in [3.8, 4) is 0 Å². The van der Waals surface area contributed by atoms with Gasteiger partial charge in [0, 0.05) is 29.9 Å². The molecule has 0 spiro atoms. The fourth-order valence-corrected chi connectivity index (χ4v) is 3.33. The molecule has 1 aromatic heterocycles. The number of nitrogens with zero attached hydrogens (tertiary/aromatic N) is 2. The molecule has 0 aliphatic heterocycles. The van der Waals surface area contributed by atoms with Gasteiger partial charge in [-0.1, -0.05) is 29.3 Å². The molecule has 1 aliphatic carbocycles. The molecule has 1 unspecified atom stereocenters. The molecular formula is C18H23N3. The summed E-state index contributed by atoms with van der Waals surface area (Å²) in [7, 11) is 2.02. The molecule has 21 heavy (non-hydrogen) atoms. The van der Waals surface area contributed by atoms with Crippen LogP contribution in [0.3, 0.4) is 0 Å². The van der Waals surface area contributed by atoms with E-state index in [9.17, 15) is 0 Å². The first-order chi connectivity index (χ1) is 10.2. The lowest BCUT2D eigenvalue weighted by Gasteiger charge is -2.24. The third-order valence-corrected chi connectivity index (χ3v) is 4.22. The highest BCUT2D eigenvalue weighted by Gasteiger charge is 2.20. The molecule has 1 aliphatic rings. The summed E-state index contributed by atoms with van der Waals surface area (Å²) >= 11 is 0. The van der Waals surface area contributed by atoms with Crippen LogP contribution in [-0.4, -0.2) is 17.0 Å². The van der Waals surface area contributed by atoms with Gasteiger partial charge in [0.25, 0.3) is 0 Å². The topological polar surface area (TPSA) is 37.8 Å². The van der Waals surface area contributed by atoms with E-state index >= 15 is 0 Å². The summed E-state index contributed by atoms with van der Waals surface area (Å²) in [5.41, 5.74) is 6.42. The highest BCUT2D eigenvalue weighted by Crippen LogP contribution is 2.27. The van der Waals surface area contributed by atoms with Gasteiger partial charge in [0.05, 0.1) is 0 Å². The Balaban J connectivity index is 1.87. The minimum atomic E-state index is 0.420. The van der Waals surface area contributed by atoms with E-state index in [-0.39, 0.29) is 0 Å². The maximum Gasteiger partial charge on any atom is 0.132 e. The predicted molar refractivity (Wildman–Crippen MR) is 85.5 cm³/mol. The van der Waals surface area contributed by atoms with Gasteiger partial charge in [-0.3, -0.25) is 0 Å². The lowest BCUT2D eigenvalue weighted by Crippen LogP contribution is -2.23. The summed E-state index contributed by atoms with van der Waals surface area (Å²) in [6.07, 6.45) is 6.32. The Bertz CT molecular complexity index is 629. The van der Waals surface area contributed by atoms with Gasteiger partial charge in [-0.15, -0.1) is 0 Å². The van der Waals surface area contributed by atoms with E-state index in [2.05, 4.69) is 42.3 Å². The zero-order valence-corrected chi connectivity index (χ0v) is 13.1. The van der Waals surface area contributed by atoms with Gasteiger partial charge in [-0.05, 0) is 45.7 Å². The summed E-state index contributed by atoms with van der Waals surface area (Å²) in [6.45, 7) is 4.28. The lowest BCUT2D eigenvalue weighted by molar-refractivity contribution is 0.485. The second-order valence-corrected chi connectivity index (χ2v) is 6.09.